The lowest BCUT2D eigenvalue weighted by atomic mass is 9.99. The first-order valence-electron chi connectivity index (χ1n) is 7.40. The van der Waals surface area contributed by atoms with Gasteiger partial charge in [-0.3, -0.25) is 9.69 Å². The number of rotatable bonds is 7. The van der Waals surface area contributed by atoms with Gasteiger partial charge in [0.05, 0.1) is 0 Å². The monoisotopic (exact) mass is 326 g/mol. The fraction of sp³-hybridized carbons (Fsp3) is 0.467. The lowest BCUT2D eigenvalue weighted by Crippen LogP contribution is -2.50. The highest BCUT2D eigenvalue weighted by molar-refractivity contribution is 5.77. The van der Waals surface area contributed by atoms with Crippen LogP contribution in [0.2, 0.25) is 0 Å². The molecule has 1 heterocycles. The minimum atomic E-state index is -0.844. The number of nitrogens with two attached hydrogens (primary N) is 1. The molecule has 1 aromatic carbocycles. The van der Waals surface area contributed by atoms with Crippen molar-refractivity contribution in [3.63, 3.8) is 0 Å². The number of amides is 3. The van der Waals surface area contributed by atoms with E-state index in [1.165, 1.54) is 6.07 Å². The summed E-state index contributed by atoms with van der Waals surface area (Å²) in [5.74, 6) is -1.48. The number of urea groups is 1. The number of carbonyl (C=O) groups is 2. The highest BCUT2D eigenvalue weighted by atomic mass is 19.2. The van der Waals surface area contributed by atoms with Crippen molar-refractivity contribution >= 4 is 11.9 Å². The van der Waals surface area contributed by atoms with Gasteiger partial charge < -0.3 is 16.4 Å². The Kier molecular flexibility index (Phi) is 5.86. The summed E-state index contributed by atoms with van der Waals surface area (Å²) in [6.45, 7) is 2.92. The molecule has 0 bridgehead atoms. The topological polar surface area (TPSA) is 87.5 Å². The van der Waals surface area contributed by atoms with E-state index in [-0.39, 0.29) is 18.9 Å². The molecule has 0 aliphatic carbocycles. The van der Waals surface area contributed by atoms with Crippen LogP contribution in [0.5, 0.6) is 0 Å². The van der Waals surface area contributed by atoms with Gasteiger partial charge in [-0.15, -0.1) is 0 Å². The Morgan fingerprint density at radius 3 is 2.61 bits per heavy atom. The molecule has 1 saturated heterocycles. The van der Waals surface area contributed by atoms with Crippen molar-refractivity contribution in [2.45, 2.75) is 13.0 Å². The second kappa shape index (κ2) is 7.87. The summed E-state index contributed by atoms with van der Waals surface area (Å²) in [7, 11) is 0. The largest absolute Gasteiger partial charge is 0.356 e. The zero-order chi connectivity index (χ0) is 16.8. The van der Waals surface area contributed by atoms with Gasteiger partial charge in [0.1, 0.15) is 0 Å². The van der Waals surface area contributed by atoms with Gasteiger partial charge in [-0.1, -0.05) is 6.07 Å². The normalized spacial score (nSPS) is 15.0. The number of hydrogen-bond donors (Lipinski definition) is 3. The van der Waals surface area contributed by atoms with Crippen molar-refractivity contribution in [3.05, 3.63) is 35.4 Å². The third-order valence-electron chi connectivity index (χ3n) is 3.66. The quantitative estimate of drug-likeness (QED) is 0.685. The predicted molar refractivity (Wildman–Crippen MR) is 80.3 cm³/mol. The molecular formula is C15H20F2N4O2. The van der Waals surface area contributed by atoms with Crippen molar-refractivity contribution in [1.82, 2.24) is 15.5 Å². The second-order valence-electron chi connectivity index (χ2n) is 5.65. The fourth-order valence-electron chi connectivity index (χ4n) is 2.48. The summed E-state index contributed by atoms with van der Waals surface area (Å²) in [4.78, 5) is 24.1. The number of nitrogens with zero attached hydrogens (tertiary/aromatic N) is 1. The van der Waals surface area contributed by atoms with Crippen LogP contribution in [0, 0.1) is 17.6 Å². The molecule has 1 fully saturated rings. The molecule has 6 nitrogen and oxygen atoms in total. The summed E-state index contributed by atoms with van der Waals surface area (Å²) >= 11 is 0. The molecule has 0 atom stereocenters. The molecular weight excluding hydrogens is 306 g/mol. The number of halogens is 2. The summed E-state index contributed by atoms with van der Waals surface area (Å²) in [5, 5.41) is 5.14. The molecule has 1 aromatic rings. The Morgan fingerprint density at radius 2 is 1.96 bits per heavy atom. The molecule has 2 rings (SSSR count). The highest BCUT2D eigenvalue weighted by Gasteiger charge is 2.26. The molecule has 8 heteroatoms. The van der Waals surface area contributed by atoms with Crippen LogP contribution in [0.25, 0.3) is 0 Å². The van der Waals surface area contributed by atoms with Crippen molar-refractivity contribution in [3.8, 4) is 0 Å². The third-order valence-corrected chi connectivity index (χ3v) is 3.66. The Labute approximate surface area is 133 Å². The van der Waals surface area contributed by atoms with Gasteiger partial charge >= 0.3 is 6.03 Å². The van der Waals surface area contributed by atoms with Crippen molar-refractivity contribution < 1.29 is 18.4 Å². The highest BCUT2D eigenvalue weighted by Crippen LogP contribution is 2.19. The minimum absolute atomic E-state index is 0.141. The first kappa shape index (κ1) is 17.1. The summed E-state index contributed by atoms with van der Waals surface area (Å²) in [6, 6.07) is 3.25. The number of benzene rings is 1. The second-order valence-corrected chi connectivity index (χ2v) is 5.65. The maximum atomic E-state index is 13.1. The van der Waals surface area contributed by atoms with Gasteiger partial charge in [0.25, 0.3) is 0 Å². The van der Waals surface area contributed by atoms with E-state index in [2.05, 4.69) is 15.5 Å². The zero-order valence-electron chi connectivity index (χ0n) is 12.6. The number of likely N-dealkylation sites (tertiary alicyclic amines) is 1. The molecule has 0 spiro atoms. The first-order valence-corrected chi connectivity index (χ1v) is 7.40. The van der Waals surface area contributed by atoms with E-state index < -0.39 is 17.7 Å². The Bertz CT molecular complexity index is 577. The first-order chi connectivity index (χ1) is 10.9. The van der Waals surface area contributed by atoms with Crippen LogP contribution in [0.3, 0.4) is 0 Å². The van der Waals surface area contributed by atoms with Gasteiger partial charge in [-0.25, -0.2) is 13.6 Å². The van der Waals surface area contributed by atoms with E-state index in [4.69, 9.17) is 5.73 Å². The molecule has 0 unspecified atom stereocenters. The Morgan fingerprint density at radius 1 is 1.22 bits per heavy atom. The van der Waals surface area contributed by atoms with Gasteiger partial charge in [0, 0.05) is 45.1 Å². The Balaban J connectivity index is 1.60. The molecule has 126 valence electrons. The standard InChI is InChI=1S/C15H20F2N4O2/c16-12-2-1-10(5-13(12)17)7-21-8-11(9-21)6-20-14(22)3-4-19-15(18)23/h1-2,5,11H,3-4,6-9H2,(H,20,22)(H3,18,19,23). The van der Waals surface area contributed by atoms with Crippen molar-refractivity contribution in [2.75, 3.05) is 26.2 Å². The average molecular weight is 326 g/mol. The van der Waals surface area contributed by atoms with Crippen LogP contribution in [0.4, 0.5) is 13.6 Å². The molecule has 4 N–H and O–H groups in total. The molecule has 0 saturated carbocycles. The van der Waals surface area contributed by atoms with E-state index in [0.717, 1.165) is 24.7 Å². The SMILES string of the molecule is NC(=O)NCCC(=O)NCC1CN(Cc2ccc(F)c(F)c2)C1. The van der Waals surface area contributed by atoms with Crippen LogP contribution in [-0.4, -0.2) is 43.0 Å². The average Bonchev–Trinajstić information content (AvgIpc) is 2.44. The molecule has 23 heavy (non-hydrogen) atoms. The van der Waals surface area contributed by atoms with Gasteiger partial charge in [0.15, 0.2) is 11.6 Å². The van der Waals surface area contributed by atoms with Crippen molar-refractivity contribution in [2.24, 2.45) is 11.7 Å². The van der Waals surface area contributed by atoms with Gasteiger partial charge in [0.2, 0.25) is 5.91 Å². The Hall–Kier alpha value is -2.22. The molecule has 3 amide bonds. The van der Waals surface area contributed by atoms with Crippen LogP contribution < -0.4 is 16.4 Å². The van der Waals surface area contributed by atoms with Gasteiger partial charge in [-0.2, -0.15) is 0 Å². The van der Waals surface area contributed by atoms with Gasteiger partial charge in [-0.05, 0) is 17.7 Å². The van der Waals surface area contributed by atoms with E-state index >= 15 is 0 Å². The third kappa shape index (κ3) is 5.48. The number of nitrogens with one attached hydrogen (secondary N) is 2. The van der Waals surface area contributed by atoms with Crippen molar-refractivity contribution in [1.29, 1.82) is 0 Å². The zero-order valence-corrected chi connectivity index (χ0v) is 12.6. The van der Waals surface area contributed by atoms with E-state index in [9.17, 15) is 18.4 Å². The maximum Gasteiger partial charge on any atom is 0.312 e. The predicted octanol–water partition coefficient (Wildman–Crippen LogP) is 0.571. The number of carbonyl (C=O) groups excluding carboxylic acids is 2. The lowest BCUT2D eigenvalue weighted by Gasteiger charge is -2.39. The number of hydrogen-bond acceptors (Lipinski definition) is 3. The maximum absolute atomic E-state index is 13.1. The lowest BCUT2D eigenvalue weighted by molar-refractivity contribution is -0.121. The fourth-order valence-corrected chi connectivity index (χ4v) is 2.48. The van der Waals surface area contributed by atoms with Crippen LogP contribution >= 0.6 is 0 Å². The molecule has 1 aliphatic rings. The molecule has 0 aromatic heterocycles. The van der Waals surface area contributed by atoms with E-state index in [0.29, 0.717) is 19.0 Å². The number of primary amides is 1. The van der Waals surface area contributed by atoms with E-state index in [1.807, 2.05) is 0 Å². The summed E-state index contributed by atoms with van der Waals surface area (Å²) < 4.78 is 26.0. The summed E-state index contributed by atoms with van der Waals surface area (Å²) in [5.41, 5.74) is 5.62. The smallest absolute Gasteiger partial charge is 0.312 e. The van der Waals surface area contributed by atoms with Crippen LogP contribution in [0.15, 0.2) is 18.2 Å². The van der Waals surface area contributed by atoms with Crippen LogP contribution in [0.1, 0.15) is 12.0 Å². The van der Waals surface area contributed by atoms with E-state index in [1.54, 1.807) is 6.07 Å². The summed E-state index contributed by atoms with van der Waals surface area (Å²) in [6.07, 6.45) is 0.189. The molecule has 1 aliphatic heterocycles. The molecule has 0 radical (unpaired) electrons. The minimum Gasteiger partial charge on any atom is -0.356 e. The van der Waals surface area contributed by atoms with Crippen LogP contribution in [-0.2, 0) is 11.3 Å².